The Bertz CT molecular complexity index is 1510. The van der Waals surface area contributed by atoms with Crippen LogP contribution in [0.5, 0.6) is 0 Å². The normalized spacial score (nSPS) is 14.2. The third-order valence-corrected chi connectivity index (χ3v) is 6.62. The van der Waals surface area contributed by atoms with Crippen LogP contribution in [0.25, 0.3) is 22.6 Å². The highest BCUT2D eigenvalue weighted by atomic mass is 35.5. The summed E-state index contributed by atoms with van der Waals surface area (Å²) in [4.78, 5) is 16.2. The van der Waals surface area contributed by atoms with Gasteiger partial charge < -0.3 is 26.4 Å². The second-order valence-electron chi connectivity index (χ2n) is 8.69. The van der Waals surface area contributed by atoms with Crippen molar-refractivity contribution in [3.8, 4) is 22.6 Å². The molecule has 206 valence electrons. The molecule has 0 radical (unpaired) electrons. The number of aliphatic hydroxyl groups excluding tert-OH is 1. The molecule has 10 nitrogen and oxygen atoms in total. The standard InChI is InChI=1S/C24H22Cl2F3N7O3/c1-10(23(38)33-18-8-17(35-39-18)14-5-4-13(25)7-15(14)26)12-3-6-16(32-9-12)20-19(22(31)37)21(30)36(34-20)11(2)24(27,28)29/h3-11,23,33,38H,30H2,1-2H3,(H2,31,37). The third kappa shape index (κ3) is 5.79. The molecule has 0 aliphatic heterocycles. The van der Waals surface area contributed by atoms with Gasteiger partial charge in [-0.15, -0.1) is 0 Å². The van der Waals surface area contributed by atoms with E-state index in [0.717, 1.165) is 6.92 Å². The molecule has 0 aliphatic rings. The number of primary amides is 1. The van der Waals surface area contributed by atoms with Crippen LogP contribution in [0, 0.1) is 0 Å². The Labute approximate surface area is 229 Å². The predicted octanol–water partition coefficient (Wildman–Crippen LogP) is 5.25. The molecule has 0 spiro atoms. The van der Waals surface area contributed by atoms with E-state index in [1.165, 1.54) is 12.3 Å². The Kier molecular flexibility index (Phi) is 7.77. The number of nitrogen functional groups attached to an aromatic ring is 1. The maximum Gasteiger partial charge on any atom is 0.410 e. The fraction of sp³-hybridized carbons (Fsp3) is 0.250. The van der Waals surface area contributed by atoms with E-state index in [4.69, 9.17) is 39.2 Å². The minimum atomic E-state index is -4.66. The number of carbonyl (C=O) groups excluding carboxylic acids is 1. The van der Waals surface area contributed by atoms with Gasteiger partial charge in [-0.05, 0) is 36.8 Å². The molecule has 0 saturated heterocycles. The number of nitrogens with two attached hydrogens (primary N) is 2. The molecule has 0 fully saturated rings. The molecule has 1 amide bonds. The third-order valence-electron chi connectivity index (χ3n) is 6.07. The summed E-state index contributed by atoms with van der Waals surface area (Å²) in [7, 11) is 0. The molecule has 3 atom stereocenters. The zero-order valence-electron chi connectivity index (χ0n) is 20.4. The fourth-order valence-electron chi connectivity index (χ4n) is 3.74. The molecule has 39 heavy (non-hydrogen) atoms. The van der Waals surface area contributed by atoms with Crippen LogP contribution < -0.4 is 16.8 Å². The fourth-order valence-corrected chi connectivity index (χ4v) is 4.24. The molecule has 0 aliphatic carbocycles. The van der Waals surface area contributed by atoms with E-state index >= 15 is 0 Å². The second kappa shape index (κ2) is 10.8. The molecule has 3 aromatic heterocycles. The van der Waals surface area contributed by atoms with E-state index in [9.17, 15) is 23.1 Å². The van der Waals surface area contributed by atoms with Crippen LogP contribution in [0.15, 0.2) is 47.1 Å². The number of alkyl halides is 3. The quantitative estimate of drug-likeness (QED) is 0.205. The van der Waals surface area contributed by atoms with Crippen LogP contribution in [-0.4, -0.2) is 43.3 Å². The number of benzene rings is 1. The first-order valence-corrected chi connectivity index (χ1v) is 12.1. The SMILES string of the molecule is CC(c1ccc(-c2nn(C(C)C(F)(F)F)c(N)c2C(N)=O)nc1)C(O)Nc1cc(-c2ccc(Cl)cc2Cl)no1. The van der Waals surface area contributed by atoms with E-state index in [2.05, 4.69) is 20.6 Å². The van der Waals surface area contributed by atoms with Gasteiger partial charge in [-0.25, -0.2) is 4.68 Å². The number of aliphatic hydroxyl groups is 1. The number of hydrogen-bond donors (Lipinski definition) is 4. The van der Waals surface area contributed by atoms with Gasteiger partial charge in [-0.2, -0.15) is 18.3 Å². The van der Waals surface area contributed by atoms with Crippen LogP contribution in [0.1, 0.15) is 41.7 Å². The van der Waals surface area contributed by atoms with Gasteiger partial charge in [0.05, 0.1) is 10.7 Å². The average Bonchev–Trinajstić information content (AvgIpc) is 3.46. The molecule has 1 aromatic carbocycles. The van der Waals surface area contributed by atoms with Gasteiger partial charge in [0, 0.05) is 28.8 Å². The molecular formula is C24H22Cl2F3N7O3. The lowest BCUT2D eigenvalue weighted by molar-refractivity contribution is -0.164. The molecule has 3 unspecified atom stereocenters. The van der Waals surface area contributed by atoms with Gasteiger partial charge in [-0.3, -0.25) is 9.78 Å². The smallest absolute Gasteiger partial charge is 0.383 e. The largest absolute Gasteiger partial charge is 0.410 e. The molecule has 4 aromatic rings. The Balaban J connectivity index is 1.53. The number of rotatable bonds is 8. The van der Waals surface area contributed by atoms with E-state index < -0.39 is 36.1 Å². The zero-order valence-corrected chi connectivity index (χ0v) is 21.9. The van der Waals surface area contributed by atoms with Gasteiger partial charge in [0.1, 0.15) is 35.0 Å². The van der Waals surface area contributed by atoms with Gasteiger partial charge in [0.2, 0.25) is 5.88 Å². The van der Waals surface area contributed by atoms with Crippen LogP contribution >= 0.6 is 23.2 Å². The summed E-state index contributed by atoms with van der Waals surface area (Å²) in [6.07, 6.45) is -4.42. The lowest BCUT2D eigenvalue weighted by Gasteiger charge is -2.19. The van der Waals surface area contributed by atoms with Gasteiger partial charge in [-0.1, -0.05) is 41.3 Å². The van der Waals surface area contributed by atoms with Crippen LogP contribution in [-0.2, 0) is 0 Å². The van der Waals surface area contributed by atoms with E-state index in [1.54, 1.807) is 37.3 Å². The van der Waals surface area contributed by atoms with Crippen molar-refractivity contribution >= 4 is 40.8 Å². The summed E-state index contributed by atoms with van der Waals surface area (Å²) in [6, 6.07) is 7.37. The first-order chi connectivity index (χ1) is 18.3. The number of carbonyl (C=O) groups is 1. The first-order valence-electron chi connectivity index (χ1n) is 11.4. The van der Waals surface area contributed by atoms with E-state index in [1.807, 2.05) is 0 Å². The van der Waals surface area contributed by atoms with Gasteiger partial charge >= 0.3 is 6.18 Å². The van der Waals surface area contributed by atoms with Crippen molar-refractivity contribution in [2.75, 3.05) is 11.1 Å². The summed E-state index contributed by atoms with van der Waals surface area (Å²) in [6.45, 7) is 2.56. The lowest BCUT2D eigenvalue weighted by Crippen LogP contribution is -2.26. The Morgan fingerprint density at radius 2 is 1.87 bits per heavy atom. The summed E-state index contributed by atoms with van der Waals surface area (Å²) in [5, 5.41) is 22.2. The summed E-state index contributed by atoms with van der Waals surface area (Å²) < 4.78 is 45.5. The number of hydrogen-bond acceptors (Lipinski definition) is 8. The van der Waals surface area contributed by atoms with Gasteiger partial charge in [0.15, 0.2) is 0 Å². The van der Waals surface area contributed by atoms with Gasteiger partial charge in [0.25, 0.3) is 5.91 Å². The number of halogens is 5. The lowest BCUT2D eigenvalue weighted by atomic mass is 10.0. The van der Waals surface area contributed by atoms with Crippen LogP contribution in [0.2, 0.25) is 10.0 Å². The Morgan fingerprint density at radius 1 is 1.15 bits per heavy atom. The minimum Gasteiger partial charge on any atom is -0.383 e. The summed E-state index contributed by atoms with van der Waals surface area (Å²) in [5.74, 6) is -1.94. The maximum absolute atomic E-state index is 13.3. The van der Waals surface area contributed by atoms with Crippen molar-refractivity contribution in [3.63, 3.8) is 0 Å². The highest BCUT2D eigenvalue weighted by Crippen LogP contribution is 2.36. The van der Waals surface area contributed by atoms with Crippen molar-refractivity contribution in [2.45, 2.75) is 38.2 Å². The minimum absolute atomic E-state index is 0.0711. The summed E-state index contributed by atoms with van der Waals surface area (Å²) in [5.41, 5.74) is 12.2. The van der Waals surface area contributed by atoms with Crippen LogP contribution in [0.4, 0.5) is 24.9 Å². The maximum atomic E-state index is 13.3. The van der Waals surface area contributed by atoms with E-state index in [-0.39, 0.29) is 22.8 Å². The molecule has 15 heteroatoms. The predicted molar refractivity (Wildman–Crippen MR) is 139 cm³/mol. The number of nitrogens with zero attached hydrogens (tertiary/aromatic N) is 4. The number of amides is 1. The van der Waals surface area contributed by atoms with E-state index in [0.29, 0.717) is 31.5 Å². The number of nitrogens with one attached hydrogen (secondary N) is 1. The second-order valence-corrected chi connectivity index (χ2v) is 9.53. The topological polar surface area (TPSA) is 158 Å². The molecule has 3 heterocycles. The molecule has 0 bridgehead atoms. The van der Waals surface area contributed by atoms with Crippen molar-refractivity contribution < 1.29 is 27.6 Å². The Hall–Kier alpha value is -3.81. The Morgan fingerprint density at radius 3 is 2.46 bits per heavy atom. The molecule has 4 rings (SSSR count). The number of pyridine rings is 1. The molecule has 6 N–H and O–H groups in total. The highest BCUT2D eigenvalue weighted by molar-refractivity contribution is 6.36. The molecular weight excluding hydrogens is 562 g/mol. The number of anilines is 2. The number of aromatic nitrogens is 4. The first kappa shape index (κ1) is 28.2. The van der Waals surface area contributed by atoms with Crippen LogP contribution in [0.3, 0.4) is 0 Å². The molecule has 0 saturated carbocycles. The van der Waals surface area contributed by atoms with Crippen molar-refractivity contribution in [1.29, 1.82) is 0 Å². The van der Waals surface area contributed by atoms with Crippen molar-refractivity contribution in [3.05, 3.63) is 63.8 Å². The monoisotopic (exact) mass is 583 g/mol. The highest BCUT2D eigenvalue weighted by Gasteiger charge is 2.40. The summed E-state index contributed by atoms with van der Waals surface area (Å²) >= 11 is 12.1. The average molecular weight is 584 g/mol. The van der Waals surface area contributed by atoms with Crippen molar-refractivity contribution in [2.24, 2.45) is 5.73 Å². The zero-order chi connectivity index (χ0) is 28.6. The van der Waals surface area contributed by atoms with Crippen molar-refractivity contribution in [1.82, 2.24) is 19.9 Å².